The summed E-state index contributed by atoms with van der Waals surface area (Å²) >= 11 is 5.42. The third-order valence-electron chi connectivity index (χ3n) is 1.45. The number of hydrogen-bond acceptors (Lipinski definition) is 3. The Hall–Kier alpha value is -1.36. The van der Waals surface area contributed by atoms with Gasteiger partial charge in [0.2, 0.25) is 5.82 Å². The van der Waals surface area contributed by atoms with Crippen LogP contribution in [0.5, 0.6) is 0 Å². The quantitative estimate of drug-likeness (QED) is 0.426. The Morgan fingerprint density at radius 3 is 3.00 bits per heavy atom. The Labute approximate surface area is 79.8 Å². The lowest BCUT2D eigenvalue weighted by Gasteiger charge is -1.88. The van der Waals surface area contributed by atoms with E-state index >= 15 is 0 Å². The van der Waals surface area contributed by atoms with Gasteiger partial charge in [-0.05, 0) is 9.91 Å². The number of allylic oxidation sites excluding steroid dienone is 1. The minimum atomic E-state index is -0.530. The van der Waals surface area contributed by atoms with Crippen molar-refractivity contribution in [1.29, 1.82) is 0 Å². The van der Waals surface area contributed by atoms with E-state index in [1.165, 1.54) is 6.20 Å². The fourth-order valence-electron chi connectivity index (χ4n) is 0.862. The summed E-state index contributed by atoms with van der Waals surface area (Å²) in [6.45, 7) is 1.69. The highest BCUT2D eigenvalue weighted by molar-refractivity contribution is 6.19. The fourth-order valence-corrected chi connectivity index (χ4v) is 0.942. The Morgan fingerprint density at radius 2 is 2.54 bits per heavy atom. The van der Waals surface area contributed by atoms with E-state index in [0.717, 1.165) is 0 Å². The largest absolute Gasteiger partial charge is 0.382 e. The Balaban J connectivity index is 2.96. The van der Waals surface area contributed by atoms with Crippen LogP contribution in [0.1, 0.15) is 5.82 Å². The van der Waals surface area contributed by atoms with Crippen LogP contribution in [0.15, 0.2) is 12.3 Å². The summed E-state index contributed by atoms with van der Waals surface area (Å²) in [6, 6.07) is 0. The molecule has 6 heteroatoms. The van der Waals surface area contributed by atoms with E-state index in [0.29, 0.717) is 11.7 Å². The topological polar surface area (TPSA) is 61.0 Å². The maximum Gasteiger partial charge on any atom is 0.382 e. The number of hydrogen-bond donors (Lipinski definition) is 0. The van der Waals surface area contributed by atoms with E-state index in [9.17, 15) is 10.1 Å². The van der Waals surface area contributed by atoms with Gasteiger partial charge < -0.3 is 10.1 Å². The van der Waals surface area contributed by atoms with Crippen LogP contribution >= 0.6 is 11.6 Å². The van der Waals surface area contributed by atoms with E-state index < -0.39 is 4.92 Å². The van der Waals surface area contributed by atoms with Gasteiger partial charge in [-0.2, -0.15) is 0 Å². The zero-order valence-corrected chi connectivity index (χ0v) is 7.73. The number of alkyl halides is 1. The summed E-state index contributed by atoms with van der Waals surface area (Å²) in [5.41, 5.74) is 0. The summed E-state index contributed by atoms with van der Waals surface area (Å²) in [4.78, 5) is 13.5. The van der Waals surface area contributed by atoms with Crippen LogP contribution in [-0.4, -0.2) is 20.4 Å². The number of rotatable bonds is 3. The molecule has 70 valence electrons. The fraction of sp³-hybridized carbons (Fsp3) is 0.286. The molecule has 0 radical (unpaired) electrons. The first kappa shape index (κ1) is 9.73. The van der Waals surface area contributed by atoms with Gasteiger partial charge in [0, 0.05) is 19.0 Å². The monoisotopic (exact) mass is 201 g/mol. The van der Waals surface area contributed by atoms with Crippen LogP contribution in [0.4, 0.5) is 5.82 Å². The first-order valence-electron chi connectivity index (χ1n) is 3.57. The van der Waals surface area contributed by atoms with Gasteiger partial charge in [-0.25, -0.2) is 0 Å². The molecule has 0 saturated carbocycles. The second-order valence-electron chi connectivity index (χ2n) is 2.35. The molecule has 0 aromatic carbocycles. The van der Waals surface area contributed by atoms with Gasteiger partial charge in [0.15, 0.2) is 0 Å². The van der Waals surface area contributed by atoms with Crippen molar-refractivity contribution in [3.8, 4) is 0 Å². The van der Waals surface area contributed by atoms with E-state index in [4.69, 9.17) is 11.6 Å². The van der Waals surface area contributed by atoms with Crippen molar-refractivity contribution in [2.75, 3.05) is 5.88 Å². The van der Waals surface area contributed by atoms with Crippen LogP contribution in [0.2, 0.25) is 0 Å². The van der Waals surface area contributed by atoms with Crippen LogP contribution in [0.3, 0.4) is 0 Å². The van der Waals surface area contributed by atoms with E-state index in [1.807, 2.05) is 0 Å². The number of aromatic nitrogens is 2. The standard InChI is InChI=1S/C7H8ClN3O2/c1-6-9-7(11(12)13)5-10(6)4-2-3-8/h2,4-5H,3H2,1H3. The second-order valence-corrected chi connectivity index (χ2v) is 2.66. The zero-order valence-electron chi connectivity index (χ0n) is 6.98. The van der Waals surface area contributed by atoms with Crippen molar-refractivity contribution >= 4 is 23.6 Å². The molecular weight excluding hydrogens is 194 g/mol. The predicted molar refractivity (Wildman–Crippen MR) is 49.7 cm³/mol. The van der Waals surface area contributed by atoms with E-state index in [2.05, 4.69) is 4.98 Å². The van der Waals surface area contributed by atoms with Crippen molar-refractivity contribution < 1.29 is 4.92 Å². The molecule has 0 N–H and O–H groups in total. The lowest BCUT2D eigenvalue weighted by molar-refractivity contribution is -0.389. The molecule has 0 unspecified atom stereocenters. The average Bonchev–Trinajstić information content (AvgIpc) is 2.44. The molecule has 0 aliphatic carbocycles. The molecular formula is C7H8ClN3O2. The van der Waals surface area contributed by atoms with Crippen molar-refractivity contribution in [2.45, 2.75) is 6.92 Å². The van der Waals surface area contributed by atoms with E-state index in [-0.39, 0.29) is 5.82 Å². The van der Waals surface area contributed by atoms with Crippen molar-refractivity contribution in [1.82, 2.24) is 9.55 Å². The SMILES string of the molecule is Cc1nc([N+](=O)[O-])cn1C=CCCl. The summed E-state index contributed by atoms with van der Waals surface area (Å²) in [5.74, 6) is 0.774. The summed E-state index contributed by atoms with van der Waals surface area (Å²) in [5, 5.41) is 10.3. The van der Waals surface area contributed by atoms with Gasteiger partial charge in [0.25, 0.3) is 0 Å². The average molecular weight is 202 g/mol. The Morgan fingerprint density at radius 1 is 1.85 bits per heavy atom. The van der Waals surface area contributed by atoms with Crippen LogP contribution < -0.4 is 0 Å². The number of nitrogens with zero attached hydrogens (tertiary/aromatic N) is 3. The minimum Gasteiger partial charge on any atom is -0.358 e. The molecule has 0 atom stereocenters. The van der Waals surface area contributed by atoms with Crippen LogP contribution in [0.25, 0.3) is 6.20 Å². The molecule has 1 rings (SSSR count). The molecule has 0 aliphatic rings. The first-order chi connectivity index (χ1) is 6.15. The normalized spacial score (nSPS) is 10.9. The zero-order chi connectivity index (χ0) is 9.84. The third kappa shape index (κ3) is 2.29. The molecule has 0 aliphatic heterocycles. The van der Waals surface area contributed by atoms with Crippen molar-refractivity contribution in [2.24, 2.45) is 0 Å². The molecule has 0 spiro atoms. The van der Waals surface area contributed by atoms with Gasteiger partial charge in [0.05, 0.1) is 0 Å². The lowest BCUT2D eigenvalue weighted by atomic mass is 10.6. The smallest absolute Gasteiger partial charge is 0.358 e. The second kappa shape index (κ2) is 4.04. The number of halogens is 1. The van der Waals surface area contributed by atoms with Gasteiger partial charge in [-0.3, -0.25) is 4.57 Å². The number of nitro groups is 1. The molecule has 5 nitrogen and oxygen atoms in total. The molecule has 1 aromatic heterocycles. The minimum absolute atomic E-state index is 0.156. The van der Waals surface area contributed by atoms with Gasteiger partial charge in [-0.1, -0.05) is 6.08 Å². The van der Waals surface area contributed by atoms with Crippen LogP contribution in [-0.2, 0) is 0 Å². The highest BCUT2D eigenvalue weighted by atomic mass is 35.5. The number of aryl methyl sites for hydroxylation is 1. The first-order valence-corrected chi connectivity index (χ1v) is 4.11. The van der Waals surface area contributed by atoms with Crippen LogP contribution in [0, 0.1) is 17.0 Å². The molecule has 1 aromatic rings. The lowest BCUT2D eigenvalue weighted by Crippen LogP contribution is -1.86. The molecule has 0 saturated heterocycles. The van der Waals surface area contributed by atoms with Gasteiger partial charge in [0.1, 0.15) is 6.20 Å². The van der Waals surface area contributed by atoms with Gasteiger partial charge in [-0.15, -0.1) is 11.6 Å². The van der Waals surface area contributed by atoms with Crippen molar-refractivity contribution in [3.63, 3.8) is 0 Å². The number of imidazole rings is 1. The maximum absolute atomic E-state index is 10.3. The summed E-state index contributed by atoms with van der Waals surface area (Å²) in [7, 11) is 0. The molecule has 1 heterocycles. The Kier molecular flexibility index (Phi) is 3.02. The summed E-state index contributed by atoms with van der Waals surface area (Å²) in [6.07, 6.45) is 4.67. The van der Waals surface area contributed by atoms with E-state index in [1.54, 1.807) is 23.8 Å². The molecule has 0 amide bonds. The molecule has 13 heavy (non-hydrogen) atoms. The molecule has 0 fully saturated rings. The third-order valence-corrected chi connectivity index (χ3v) is 1.62. The highest BCUT2D eigenvalue weighted by Crippen LogP contribution is 2.10. The van der Waals surface area contributed by atoms with Gasteiger partial charge >= 0.3 is 5.82 Å². The Bertz CT molecular complexity index is 346. The maximum atomic E-state index is 10.3. The highest BCUT2D eigenvalue weighted by Gasteiger charge is 2.12. The molecule has 0 bridgehead atoms. The summed E-state index contributed by atoms with van der Waals surface area (Å²) < 4.78 is 1.56. The predicted octanol–water partition coefficient (Wildman–Crippen LogP) is 1.81. The van der Waals surface area contributed by atoms with Crippen molar-refractivity contribution in [3.05, 3.63) is 28.2 Å².